The number of nitrogens with one attached hydrogen (secondary N) is 2. The Balaban J connectivity index is 1.53. The predicted molar refractivity (Wildman–Crippen MR) is 116 cm³/mol. The van der Waals surface area contributed by atoms with E-state index in [1.807, 2.05) is 67.6 Å². The van der Waals surface area contributed by atoms with Gasteiger partial charge in [-0.15, -0.1) is 0 Å². The van der Waals surface area contributed by atoms with Crippen LogP contribution in [0.2, 0.25) is 0 Å². The Kier molecular flexibility index (Phi) is 4.99. The summed E-state index contributed by atoms with van der Waals surface area (Å²) in [6.07, 6.45) is 0.848. The topological polar surface area (TPSA) is 78.5 Å². The molecule has 1 aliphatic rings. The van der Waals surface area contributed by atoms with Crippen molar-refractivity contribution in [2.24, 2.45) is 0 Å². The van der Waals surface area contributed by atoms with Gasteiger partial charge in [0.2, 0.25) is 5.91 Å². The Hall–Kier alpha value is -3.67. The van der Waals surface area contributed by atoms with Gasteiger partial charge in [-0.2, -0.15) is 0 Å². The molecule has 6 nitrogen and oxygen atoms in total. The molecule has 0 saturated carbocycles. The molecule has 30 heavy (non-hydrogen) atoms. The maximum atomic E-state index is 13.1. The van der Waals surface area contributed by atoms with E-state index in [1.54, 1.807) is 13.0 Å². The molecule has 0 aromatic heterocycles. The first kappa shape index (κ1) is 19.6. The van der Waals surface area contributed by atoms with E-state index in [0.29, 0.717) is 11.3 Å². The largest absolute Gasteiger partial charge is 0.325 e. The average Bonchev–Trinajstić information content (AvgIpc) is 2.97. The number of carbonyl (C=O) groups excluding carboxylic acids is 3. The lowest BCUT2D eigenvalue weighted by atomic mass is 9.90. The summed E-state index contributed by atoms with van der Waals surface area (Å²) < 4.78 is 0. The molecular weight excluding hydrogens is 378 g/mol. The van der Waals surface area contributed by atoms with E-state index >= 15 is 0 Å². The minimum Gasteiger partial charge on any atom is -0.325 e. The third kappa shape index (κ3) is 3.52. The molecule has 2 N–H and O–H groups in total. The van der Waals surface area contributed by atoms with Crippen molar-refractivity contribution in [1.82, 2.24) is 10.2 Å². The van der Waals surface area contributed by atoms with Crippen LogP contribution in [0.5, 0.6) is 0 Å². The summed E-state index contributed by atoms with van der Waals surface area (Å²) in [5.74, 6) is -0.866. The van der Waals surface area contributed by atoms with Crippen LogP contribution in [0.1, 0.15) is 25.0 Å². The van der Waals surface area contributed by atoms with E-state index in [1.165, 1.54) is 0 Å². The van der Waals surface area contributed by atoms with Gasteiger partial charge in [-0.3, -0.25) is 14.5 Å². The van der Waals surface area contributed by atoms with E-state index in [4.69, 9.17) is 0 Å². The number of rotatable bonds is 5. The third-order valence-corrected chi connectivity index (χ3v) is 5.52. The fraction of sp³-hybridized carbons (Fsp3) is 0.208. The number of nitrogens with zero attached hydrogens (tertiary/aromatic N) is 1. The molecule has 3 aromatic carbocycles. The molecule has 0 bridgehead atoms. The van der Waals surface area contributed by atoms with Gasteiger partial charge in [-0.05, 0) is 53.4 Å². The van der Waals surface area contributed by atoms with Gasteiger partial charge in [0.15, 0.2) is 0 Å². The SMILES string of the molecule is CCc1cccc(NC(=O)CN2C(=O)NC(C)(c3ccc4ccccc4c3)C2=O)c1. The molecule has 4 amide bonds. The maximum Gasteiger partial charge on any atom is 0.325 e. The fourth-order valence-corrected chi connectivity index (χ4v) is 3.75. The van der Waals surface area contributed by atoms with Crippen LogP contribution in [0.15, 0.2) is 66.7 Å². The van der Waals surface area contributed by atoms with Crippen LogP contribution >= 0.6 is 0 Å². The molecule has 3 aromatic rings. The van der Waals surface area contributed by atoms with E-state index < -0.39 is 23.4 Å². The Morgan fingerprint density at radius 2 is 1.77 bits per heavy atom. The number of urea groups is 1. The normalized spacial score (nSPS) is 18.5. The highest BCUT2D eigenvalue weighted by molar-refractivity contribution is 6.10. The minimum absolute atomic E-state index is 0.343. The second-order valence-corrected chi connectivity index (χ2v) is 7.61. The lowest BCUT2D eigenvalue weighted by Gasteiger charge is -2.22. The van der Waals surface area contributed by atoms with Crippen LogP contribution in [0.4, 0.5) is 10.5 Å². The van der Waals surface area contributed by atoms with E-state index in [-0.39, 0.29) is 6.54 Å². The predicted octanol–water partition coefficient (Wildman–Crippen LogP) is 3.81. The van der Waals surface area contributed by atoms with Crippen molar-refractivity contribution in [2.75, 3.05) is 11.9 Å². The van der Waals surface area contributed by atoms with Gasteiger partial charge in [0, 0.05) is 5.69 Å². The van der Waals surface area contributed by atoms with Gasteiger partial charge < -0.3 is 10.6 Å². The molecule has 0 aliphatic carbocycles. The monoisotopic (exact) mass is 401 g/mol. The summed E-state index contributed by atoms with van der Waals surface area (Å²) in [7, 11) is 0. The van der Waals surface area contributed by atoms with Crippen molar-refractivity contribution in [3.05, 3.63) is 77.9 Å². The number of anilines is 1. The summed E-state index contributed by atoms with van der Waals surface area (Å²) in [6.45, 7) is 3.35. The molecule has 4 rings (SSSR count). The number of imide groups is 1. The van der Waals surface area contributed by atoms with Crippen molar-refractivity contribution >= 4 is 34.3 Å². The molecule has 6 heteroatoms. The van der Waals surface area contributed by atoms with E-state index in [2.05, 4.69) is 10.6 Å². The van der Waals surface area contributed by atoms with Gasteiger partial charge in [0.25, 0.3) is 5.91 Å². The summed E-state index contributed by atoms with van der Waals surface area (Å²) in [4.78, 5) is 39.1. The van der Waals surface area contributed by atoms with Gasteiger partial charge >= 0.3 is 6.03 Å². The molecule has 1 heterocycles. The van der Waals surface area contributed by atoms with Crippen molar-refractivity contribution in [3.63, 3.8) is 0 Å². The highest BCUT2D eigenvalue weighted by Crippen LogP contribution is 2.31. The molecule has 1 unspecified atom stereocenters. The number of benzene rings is 3. The van der Waals surface area contributed by atoms with Gasteiger partial charge in [0.05, 0.1) is 0 Å². The second kappa shape index (κ2) is 7.63. The second-order valence-electron chi connectivity index (χ2n) is 7.61. The van der Waals surface area contributed by atoms with Crippen molar-refractivity contribution < 1.29 is 14.4 Å². The number of amides is 4. The zero-order chi connectivity index (χ0) is 21.3. The molecule has 1 saturated heterocycles. The zero-order valence-corrected chi connectivity index (χ0v) is 16.9. The molecule has 1 atom stereocenters. The minimum atomic E-state index is -1.22. The Morgan fingerprint density at radius 1 is 1.00 bits per heavy atom. The van der Waals surface area contributed by atoms with Crippen molar-refractivity contribution in [3.8, 4) is 0 Å². The summed E-state index contributed by atoms with van der Waals surface area (Å²) in [6, 6.07) is 20.4. The van der Waals surface area contributed by atoms with E-state index in [9.17, 15) is 14.4 Å². The average molecular weight is 401 g/mol. The van der Waals surface area contributed by atoms with Gasteiger partial charge in [-0.25, -0.2) is 4.79 Å². The number of hydrogen-bond donors (Lipinski definition) is 2. The number of hydrogen-bond acceptors (Lipinski definition) is 3. The third-order valence-electron chi connectivity index (χ3n) is 5.52. The molecule has 152 valence electrons. The smallest absolute Gasteiger partial charge is 0.325 e. The van der Waals surface area contributed by atoms with Gasteiger partial charge in [0.1, 0.15) is 12.1 Å². The highest BCUT2D eigenvalue weighted by Gasteiger charge is 2.49. The number of aryl methyl sites for hydroxylation is 1. The Bertz CT molecular complexity index is 1160. The van der Waals surface area contributed by atoms with Crippen molar-refractivity contribution in [2.45, 2.75) is 25.8 Å². The molecule has 1 fully saturated rings. The zero-order valence-electron chi connectivity index (χ0n) is 16.9. The fourth-order valence-electron chi connectivity index (χ4n) is 3.75. The summed E-state index contributed by atoms with van der Waals surface area (Å²) >= 11 is 0. The van der Waals surface area contributed by atoms with Crippen molar-refractivity contribution in [1.29, 1.82) is 0 Å². The Morgan fingerprint density at radius 3 is 2.53 bits per heavy atom. The number of fused-ring (bicyclic) bond motifs is 1. The lowest BCUT2D eigenvalue weighted by molar-refractivity contribution is -0.133. The molecule has 1 aliphatic heterocycles. The van der Waals surface area contributed by atoms with E-state index in [0.717, 1.165) is 27.7 Å². The lowest BCUT2D eigenvalue weighted by Crippen LogP contribution is -2.42. The molecule has 0 spiro atoms. The van der Waals surface area contributed by atoms with Gasteiger partial charge in [-0.1, -0.05) is 55.5 Å². The van der Waals surface area contributed by atoms with Crippen LogP contribution in [-0.2, 0) is 21.5 Å². The number of carbonyl (C=O) groups is 3. The molecular formula is C24H23N3O3. The standard InChI is InChI=1S/C24H23N3O3/c1-3-16-7-6-10-20(13-16)25-21(28)15-27-22(29)24(2,26-23(27)30)19-12-11-17-8-4-5-9-18(17)14-19/h4-14H,3,15H2,1-2H3,(H,25,28)(H,26,30). The van der Waals surface area contributed by atoms with Crippen LogP contribution in [0, 0.1) is 0 Å². The van der Waals surface area contributed by atoms with Crippen LogP contribution < -0.4 is 10.6 Å². The van der Waals surface area contributed by atoms with Crippen LogP contribution in [0.3, 0.4) is 0 Å². The first-order valence-electron chi connectivity index (χ1n) is 9.93. The highest BCUT2D eigenvalue weighted by atomic mass is 16.2. The molecule has 0 radical (unpaired) electrons. The first-order chi connectivity index (χ1) is 14.4. The first-order valence-corrected chi connectivity index (χ1v) is 9.93. The summed E-state index contributed by atoms with van der Waals surface area (Å²) in [5.41, 5.74) is 1.19. The van der Waals surface area contributed by atoms with Crippen LogP contribution in [0.25, 0.3) is 10.8 Å². The van der Waals surface area contributed by atoms with Crippen LogP contribution in [-0.4, -0.2) is 29.3 Å². The summed E-state index contributed by atoms with van der Waals surface area (Å²) in [5, 5.41) is 7.54. The maximum absolute atomic E-state index is 13.1. The Labute approximate surface area is 174 Å². The quantitative estimate of drug-likeness (QED) is 0.638.